The van der Waals surface area contributed by atoms with Gasteiger partial charge in [-0.25, -0.2) is 4.98 Å². The Kier molecular flexibility index (Phi) is 7.97. The van der Waals surface area contributed by atoms with Gasteiger partial charge in [0.1, 0.15) is 11.6 Å². The van der Waals surface area contributed by atoms with Crippen LogP contribution in [0.15, 0.2) is 41.7 Å². The summed E-state index contributed by atoms with van der Waals surface area (Å²) in [6.45, 7) is 1.15. The normalized spacial score (nSPS) is 16.5. The molecule has 1 fully saturated rings. The molecule has 0 spiro atoms. The summed E-state index contributed by atoms with van der Waals surface area (Å²) in [5.41, 5.74) is 1.15. The van der Waals surface area contributed by atoms with E-state index in [-0.39, 0.29) is 18.4 Å². The highest BCUT2D eigenvalue weighted by molar-refractivity contribution is 5.79. The lowest BCUT2D eigenvalue weighted by atomic mass is 10.0. The largest absolute Gasteiger partial charge is 0.497 e. The molecule has 0 aliphatic carbocycles. The maximum atomic E-state index is 13.0. The predicted molar refractivity (Wildman–Crippen MR) is 110 cm³/mol. The molecular weight excluding hydrogens is 394 g/mol. The number of aliphatic imine (C=N–C) groups is 1. The first-order chi connectivity index (χ1) is 14.6. The first-order valence-electron chi connectivity index (χ1n) is 9.82. The number of aromatic nitrogens is 2. The van der Waals surface area contributed by atoms with Crippen molar-refractivity contribution >= 4 is 5.96 Å². The molecule has 1 aromatic heterocycles. The van der Waals surface area contributed by atoms with Crippen molar-refractivity contribution in [3.05, 3.63) is 48.0 Å². The molecule has 8 nitrogen and oxygen atoms in total. The highest BCUT2D eigenvalue weighted by Gasteiger charge is 2.23. The van der Waals surface area contributed by atoms with Crippen LogP contribution in [-0.4, -0.2) is 67.4 Å². The molecule has 10 heteroatoms. The molecule has 1 aliphatic heterocycles. The predicted octanol–water partition coefficient (Wildman–Crippen LogP) is 2.03. The fourth-order valence-electron chi connectivity index (χ4n) is 3.41. The van der Waals surface area contributed by atoms with Crippen molar-refractivity contribution in [1.29, 1.82) is 0 Å². The highest BCUT2D eigenvalue weighted by Crippen LogP contribution is 2.23. The monoisotopic (exact) mass is 422 g/mol. The van der Waals surface area contributed by atoms with Crippen molar-refractivity contribution in [2.75, 3.05) is 47.0 Å². The van der Waals surface area contributed by atoms with E-state index in [0.29, 0.717) is 25.7 Å². The van der Waals surface area contributed by atoms with E-state index in [4.69, 9.17) is 9.47 Å². The van der Waals surface area contributed by atoms with Gasteiger partial charge in [-0.1, -0.05) is 12.1 Å². The van der Waals surface area contributed by atoms with Gasteiger partial charge in [0, 0.05) is 39.1 Å². The number of alkyl halides is 2. The topological polar surface area (TPSA) is 75.9 Å². The number of halogens is 2. The second-order valence-corrected chi connectivity index (χ2v) is 6.77. The summed E-state index contributed by atoms with van der Waals surface area (Å²) in [4.78, 5) is 10.5. The number of hydrogen-bond donors (Lipinski definition) is 2. The van der Waals surface area contributed by atoms with E-state index in [1.807, 2.05) is 12.1 Å². The minimum Gasteiger partial charge on any atom is -0.497 e. The number of benzene rings is 1. The van der Waals surface area contributed by atoms with E-state index < -0.39 is 6.55 Å². The molecule has 0 bridgehead atoms. The second-order valence-electron chi connectivity index (χ2n) is 6.77. The maximum absolute atomic E-state index is 13.0. The summed E-state index contributed by atoms with van der Waals surface area (Å²) in [6, 6.07) is 8.09. The number of methoxy groups -OCH3 is 1. The van der Waals surface area contributed by atoms with E-state index in [1.165, 1.54) is 12.4 Å². The number of hydrogen-bond acceptors (Lipinski definition) is 5. The van der Waals surface area contributed by atoms with Crippen LogP contribution in [0.4, 0.5) is 8.78 Å². The smallest absolute Gasteiger partial charge is 0.319 e. The summed E-state index contributed by atoms with van der Waals surface area (Å²) < 4.78 is 37.6. The van der Waals surface area contributed by atoms with Crippen LogP contribution in [0.3, 0.4) is 0 Å². The van der Waals surface area contributed by atoms with Crippen LogP contribution in [0.5, 0.6) is 5.75 Å². The Balaban J connectivity index is 1.64. The summed E-state index contributed by atoms with van der Waals surface area (Å²) >= 11 is 0. The van der Waals surface area contributed by atoms with Crippen LogP contribution < -0.4 is 15.4 Å². The Morgan fingerprint density at radius 2 is 1.97 bits per heavy atom. The van der Waals surface area contributed by atoms with Crippen molar-refractivity contribution in [2.45, 2.75) is 19.1 Å². The number of nitrogens with one attached hydrogen (secondary N) is 2. The lowest BCUT2D eigenvalue weighted by Crippen LogP contribution is -2.46. The molecule has 30 heavy (non-hydrogen) atoms. The summed E-state index contributed by atoms with van der Waals surface area (Å²) in [5, 5.41) is 6.36. The van der Waals surface area contributed by atoms with E-state index in [1.54, 1.807) is 14.2 Å². The first kappa shape index (κ1) is 22.0. The van der Waals surface area contributed by atoms with Gasteiger partial charge in [-0.3, -0.25) is 14.5 Å². The van der Waals surface area contributed by atoms with Crippen molar-refractivity contribution in [3.63, 3.8) is 0 Å². The van der Waals surface area contributed by atoms with E-state index >= 15 is 0 Å². The van der Waals surface area contributed by atoms with Crippen molar-refractivity contribution in [3.8, 4) is 5.75 Å². The third kappa shape index (κ3) is 5.67. The van der Waals surface area contributed by atoms with E-state index in [9.17, 15) is 8.78 Å². The molecule has 1 atom stereocenters. The number of rotatable bonds is 8. The van der Waals surface area contributed by atoms with Crippen molar-refractivity contribution in [1.82, 2.24) is 25.1 Å². The quantitative estimate of drug-likeness (QED) is 0.501. The van der Waals surface area contributed by atoms with Gasteiger partial charge in [-0.15, -0.1) is 0 Å². The van der Waals surface area contributed by atoms with Gasteiger partial charge in [0.15, 0.2) is 5.96 Å². The third-order valence-electron chi connectivity index (χ3n) is 5.05. The number of morpholine rings is 1. The van der Waals surface area contributed by atoms with Crippen LogP contribution in [0.1, 0.15) is 24.0 Å². The zero-order valence-corrected chi connectivity index (χ0v) is 17.2. The van der Waals surface area contributed by atoms with Gasteiger partial charge in [0.2, 0.25) is 0 Å². The fourth-order valence-corrected chi connectivity index (χ4v) is 3.41. The summed E-state index contributed by atoms with van der Waals surface area (Å²) in [6.07, 6.45) is 2.62. The number of imidazole rings is 1. The van der Waals surface area contributed by atoms with E-state index in [2.05, 4.69) is 37.6 Å². The molecular formula is C20H28F2N6O2. The van der Waals surface area contributed by atoms with Crippen molar-refractivity contribution in [2.24, 2.45) is 4.99 Å². The Hall–Kier alpha value is -2.72. The second kappa shape index (κ2) is 10.9. The highest BCUT2D eigenvalue weighted by atomic mass is 19.3. The fraction of sp³-hybridized carbons (Fsp3) is 0.500. The molecule has 1 aliphatic rings. The van der Waals surface area contributed by atoms with Crippen LogP contribution in [0.25, 0.3) is 0 Å². The van der Waals surface area contributed by atoms with Gasteiger partial charge in [-0.2, -0.15) is 8.78 Å². The molecule has 2 heterocycles. The maximum Gasteiger partial charge on any atom is 0.319 e. The summed E-state index contributed by atoms with van der Waals surface area (Å²) in [5.74, 6) is 1.57. The minimum atomic E-state index is -2.62. The number of guanidine groups is 1. The van der Waals surface area contributed by atoms with Gasteiger partial charge in [0.05, 0.1) is 32.9 Å². The Morgan fingerprint density at radius 1 is 1.23 bits per heavy atom. The molecule has 1 aromatic carbocycles. The molecule has 1 saturated heterocycles. The molecule has 164 valence electrons. The van der Waals surface area contributed by atoms with Gasteiger partial charge < -0.3 is 20.1 Å². The molecule has 0 saturated carbocycles. The SMILES string of the molecule is CN=C(NCc1nccn1C(F)F)NCC(c1ccc(OC)cc1)N1CCOCC1. The Morgan fingerprint density at radius 3 is 2.60 bits per heavy atom. The average molecular weight is 422 g/mol. The lowest BCUT2D eigenvalue weighted by molar-refractivity contribution is 0.0170. The molecule has 0 amide bonds. The Labute approximate surface area is 174 Å². The molecule has 1 unspecified atom stereocenters. The number of ether oxygens (including phenoxy) is 2. The van der Waals surface area contributed by atoms with Gasteiger partial charge in [-0.05, 0) is 17.7 Å². The first-order valence-corrected chi connectivity index (χ1v) is 9.82. The standard InChI is InChI=1S/C20H28F2N6O2/c1-23-20(26-14-18-24-7-8-28(18)19(21)22)25-13-17(27-9-11-30-12-10-27)15-3-5-16(29-2)6-4-15/h3-8,17,19H,9-14H2,1-2H3,(H2,23,25,26). The average Bonchev–Trinajstić information content (AvgIpc) is 3.26. The zero-order valence-electron chi connectivity index (χ0n) is 17.2. The van der Waals surface area contributed by atoms with Crippen LogP contribution >= 0.6 is 0 Å². The Bertz CT molecular complexity index is 806. The lowest BCUT2D eigenvalue weighted by Gasteiger charge is -2.35. The molecule has 2 aromatic rings. The van der Waals surface area contributed by atoms with Crippen LogP contribution in [0.2, 0.25) is 0 Å². The van der Waals surface area contributed by atoms with E-state index in [0.717, 1.165) is 29.0 Å². The van der Waals surface area contributed by atoms with Crippen LogP contribution in [0, 0.1) is 0 Å². The third-order valence-corrected chi connectivity index (χ3v) is 5.05. The number of nitrogens with zero attached hydrogens (tertiary/aromatic N) is 4. The van der Waals surface area contributed by atoms with Gasteiger partial charge in [0.25, 0.3) is 0 Å². The van der Waals surface area contributed by atoms with Crippen LogP contribution in [-0.2, 0) is 11.3 Å². The minimum absolute atomic E-state index is 0.0985. The molecule has 2 N–H and O–H groups in total. The van der Waals surface area contributed by atoms with Crippen molar-refractivity contribution < 1.29 is 18.3 Å². The zero-order chi connectivity index (χ0) is 21.3. The summed E-state index contributed by atoms with van der Waals surface area (Å²) in [7, 11) is 3.29. The van der Waals surface area contributed by atoms with Gasteiger partial charge >= 0.3 is 6.55 Å². The molecule has 0 radical (unpaired) electrons. The molecule has 3 rings (SSSR count).